The second-order valence-electron chi connectivity index (χ2n) is 6.19. The molecular formula is C19H22FN3O2S. The van der Waals surface area contributed by atoms with Gasteiger partial charge < -0.3 is 10.2 Å². The van der Waals surface area contributed by atoms with E-state index in [1.807, 2.05) is 23.3 Å². The smallest absolute Gasteiger partial charge is 0.264 e. The molecule has 0 saturated carbocycles. The van der Waals surface area contributed by atoms with Crippen LogP contribution >= 0.6 is 11.3 Å². The van der Waals surface area contributed by atoms with E-state index < -0.39 is 0 Å². The van der Waals surface area contributed by atoms with E-state index in [0.717, 1.165) is 11.1 Å². The first-order valence-corrected chi connectivity index (χ1v) is 9.58. The summed E-state index contributed by atoms with van der Waals surface area (Å²) in [5.41, 5.74) is 1.68. The number of carbonyl (C=O) groups excluding carboxylic acids is 2. The molecule has 1 aromatic carbocycles. The molecule has 1 saturated heterocycles. The zero-order valence-electron chi connectivity index (χ0n) is 14.7. The van der Waals surface area contributed by atoms with E-state index in [4.69, 9.17) is 0 Å². The maximum atomic E-state index is 13.1. The van der Waals surface area contributed by atoms with Crippen molar-refractivity contribution < 1.29 is 14.0 Å². The molecular weight excluding hydrogens is 353 g/mol. The second-order valence-corrected chi connectivity index (χ2v) is 7.11. The quantitative estimate of drug-likeness (QED) is 0.873. The number of rotatable bonds is 5. The van der Waals surface area contributed by atoms with Crippen molar-refractivity contribution in [1.29, 1.82) is 0 Å². The van der Waals surface area contributed by atoms with Crippen molar-refractivity contribution in [3.8, 4) is 11.1 Å². The van der Waals surface area contributed by atoms with Gasteiger partial charge in [0.2, 0.25) is 5.91 Å². The predicted octanol–water partition coefficient (Wildman–Crippen LogP) is 2.45. The summed E-state index contributed by atoms with van der Waals surface area (Å²) in [7, 11) is 0. The van der Waals surface area contributed by atoms with Gasteiger partial charge in [-0.05, 0) is 36.1 Å². The number of benzene rings is 1. The van der Waals surface area contributed by atoms with Crippen molar-refractivity contribution in [1.82, 2.24) is 15.1 Å². The summed E-state index contributed by atoms with van der Waals surface area (Å²) < 4.78 is 13.1. The van der Waals surface area contributed by atoms with E-state index in [2.05, 4.69) is 10.2 Å². The maximum Gasteiger partial charge on any atom is 0.264 e. The average Bonchev–Trinajstić information content (AvgIpc) is 3.12. The third kappa shape index (κ3) is 4.28. The number of carbonyl (C=O) groups is 2. The molecule has 0 unspecified atom stereocenters. The monoisotopic (exact) mass is 375 g/mol. The second kappa shape index (κ2) is 8.42. The summed E-state index contributed by atoms with van der Waals surface area (Å²) in [6.07, 6.45) is 0. The van der Waals surface area contributed by atoms with Crippen molar-refractivity contribution in [3.63, 3.8) is 0 Å². The van der Waals surface area contributed by atoms with E-state index in [-0.39, 0.29) is 17.6 Å². The Morgan fingerprint density at radius 3 is 2.46 bits per heavy atom. The highest BCUT2D eigenvalue weighted by atomic mass is 32.1. The highest BCUT2D eigenvalue weighted by Gasteiger charge is 2.25. The van der Waals surface area contributed by atoms with Crippen LogP contribution in [0.4, 0.5) is 4.39 Å². The van der Waals surface area contributed by atoms with Crippen molar-refractivity contribution in [2.24, 2.45) is 0 Å². The van der Waals surface area contributed by atoms with Crippen LogP contribution in [0.25, 0.3) is 11.1 Å². The van der Waals surface area contributed by atoms with Gasteiger partial charge in [0.05, 0.1) is 11.4 Å². The van der Waals surface area contributed by atoms with Crippen molar-refractivity contribution in [3.05, 3.63) is 46.4 Å². The van der Waals surface area contributed by atoms with Gasteiger partial charge in [-0.3, -0.25) is 14.5 Å². The van der Waals surface area contributed by atoms with Crippen LogP contribution in [-0.4, -0.2) is 60.9 Å². The lowest BCUT2D eigenvalue weighted by Gasteiger charge is -2.34. The molecule has 7 heteroatoms. The van der Waals surface area contributed by atoms with E-state index in [1.54, 1.807) is 12.1 Å². The number of nitrogens with one attached hydrogen (secondary N) is 1. The summed E-state index contributed by atoms with van der Waals surface area (Å²) in [4.78, 5) is 29.2. The van der Waals surface area contributed by atoms with Crippen molar-refractivity contribution >= 4 is 23.2 Å². The van der Waals surface area contributed by atoms with Crippen molar-refractivity contribution in [2.75, 3.05) is 39.3 Å². The average molecular weight is 375 g/mol. The fraction of sp³-hybridized carbons (Fsp3) is 0.368. The van der Waals surface area contributed by atoms with Gasteiger partial charge in [0.15, 0.2) is 0 Å². The molecule has 1 aliphatic heterocycles. The third-order valence-corrected chi connectivity index (χ3v) is 5.32. The molecule has 2 aromatic rings. The van der Waals surface area contributed by atoms with Crippen LogP contribution in [0, 0.1) is 5.82 Å². The molecule has 2 amide bonds. The fourth-order valence-corrected chi connectivity index (χ4v) is 3.92. The van der Waals surface area contributed by atoms with Crippen LogP contribution in [0.5, 0.6) is 0 Å². The molecule has 0 spiro atoms. The first kappa shape index (κ1) is 18.5. The van der Waals surface area contributed by atoms with Crippen molar-refractivity contribution in [2.45, 2.75) is 6.92 Å². The minimum atomic E-state index is -0.292. The Hall–Kier alpha value is -2.25. The van der Waals surface area contributed by atoms with Crippen LogP contribution < -0.4 is 5.32 Å². The molecule has 0 bridgehead atoms. The largest absolute Gasteiger partial charge is 0.355 e. The van der Waals surface area contributed by atoms with Crippen LogP contribution in [0.3, 0.4) is 0 Å². The van der Waals surface area contributed by atoms with Crippen LogP contribution in [0.15, 0.2) is 35.7 Å². The lowest BCUT2D eigenvalue weighted by Crippen LogP contribution is -2.51. The van der Waals surface area contributed by atoms with Gasteiger partial charge >= 0.3 is 0 Å². The van der Waals surface area contributed by atoms with Gasteiger partial charge in [-0.2, -0.15) is 0 Å². The summed E-state index contributed by atoms with van der Waals surface area (Å²) in [6.45, 7) is 5.45. The molecule has 1 N–H and O–H groups in total. The first-order valence-electron chi connectivity index (χ1n) is 8.70. The Balaban J connectivity index is 1.64. The molecule has 0 radical (unpaired) electrons. The molecule has 0 atom stereocenters. The molecule has 1 aromatic heterocycles. The Labute approximate surface area is 156 Å². The Morgan fingerprint density at radius 2 is 1.81 bits per heavy atom. The minimum absolute atomic E-state index is 0.00279. The SMILES string of the molecule is CCNC(=O)CN1CCN(C(=O)c2sccc2-c2ccc(F)cc2)CC1. The number of halogens is 1. The van der Waals surface area contributed by atoms with Gasteiger partial charge in [0.25, 0.3) is 5.91 Å². The molecule has 1 aliphatic rings. The van der Waals surface area contributed by atoms with Gasteiger partial charge in [-0.15, -0.1) is 11.3 Å². The maximum absolute atomic E-state index is 13.1. The zero-order valence-corrected chi connectivity index (χ0v) is 15.5. The van der Waals surface area contributed by atoms with E-state index in [1.165, 1.54) is 23.5 Å². The lowest BCUT2D eigenvalue weighted by atomic mass is 10.1. The summed E-state index contributed by atoms with van der Waals surface area (Å²) in [6, 6.07) is 8.09. The van der Waals surface area contributed by atoms with Crippen LogP contribution in [0.1, 0.15) is 16.6 Å². The molecule has 3 rings (SSSR count). The minimum Gasteiger partial charge on any atom is -0.355 e. The van der Waals surface area contributed by atoms with E-state index in [0.29, 0.717) is 44.1 Å². The van der Waals surface area contributed by atoms with E-state index in [9.17, 15) is 14.0 Å². The Kier molecular flexibility index (Phi) is 6.00. The summed E-state index contributed by atoms with van der Waals surface area (Å²) in [5, 5.41) is 4.68. The highest BCUT2D eigenvalue weighted by Crippen LogP contribution is 2.29. The third-order valence-electron chi connectivity index (χ3n) is 4.42. The first-order chi connectivity index (χ1) is 12.6. The number of piperazine rings is 1. The fourth-order valence-electron chi connectivity index (χ4n) is 3.04. The van der Waals surface area contributed by atoms with Crippen LogP contribution in [-0.2, 0) is 4.79 Å². The molecule has 26 heavy (non-hydrogen) atoms. The number of hydrogen-bond donors (Lipinski definition) is 1. The molecule has 138 valence electrons. The van der Waals surface area contributed by atoms with Crippen LogP contribution in [0.2, 0.25) is 0 Å². The van der Waals surface area contributed by atoms with Gasteiger partial charge in [0.1, 0.15) is 5.82 Å². The number of likely N-dealkylation sites (N-methyl/N-ethyl adjacent to an activating group) is 1. The molecule has 1 fully saturated rings. The number of amides is 2. The Morgan fingerprint density at radius 1 is 1.12 bits per heavy atom. The topological polar surface area (TPSA) is 52.7 Å². The molecule has 0 aliphatic carbocycles. The molecule has 2 heterocycles. The predicted molar refractivity (Wildman–Crippen MR) is 101 cm³/mol. The standard InChI is InChI=1S/C19H22FN3O2S/c1-2-21-17(24)13-22-8-10-23(11-9-22)19(25)18-16(7-12-26-18)14-3-5-15(20)6-4-14/h3-7,12H,2,8-11,13H2,1H3,(H,21,24). The number of hydrogen-bond acceptors (Lipinski definition) is 4. The summed E-state index contributed by atoms with van der Waals surface area (Å²) >= 11 is 1.41. The normalized spacial score (nSPS) is 15.1. The van der Waals surface area contributed by atoms with E-state index >= 15 is 0 Å². The highest BCUT2D eigenvalue weighted by molar-refractivity contribution is 7.12. The zero-order chi connectivity index (χ0) is 18.5. The number of nitrogens with zero attached hydrogens (tertiary/aromatic N) is 2. The summed E-state index contributed by atoms with van der Waals surface area (Å²) in [5.74, 6) is -0.277. The molecule has 5 nitrogen and oxygen atoms in total. The number of thiophene rings is 1. The van der Waals surface area contributed by atoms with Gasteiger partial charge in [-0.25, -0.2) is 4.39 Å². The van der Waals surface area contributed by atoms with Gasteiger partial charge in [-0.1, -0.05) is 12.1 Å². The van der Waals surface area contributed by atoms with Gasteiger partial charge in [0, 0.05) is 38.3 Å². The Bertz CT molecular complexity index is 767. The lowest BCUT2D eigenvalue weighted by molar-refractivity contribution is -0.122.